The van der Waals surface area contributed by atoms with E-state index in [2.05, 4.69) is 0 Å². The number of hydrogen-bond acceptors (Lipinski definition) is 4. The molecule has 0 spiro atoms. The van der Waals surface area contributed by atoms with Crippen molar-refractivity contribution >= 4 is 10.0 Å². The minimum atomic E-state index is -3.11. The molecule has 5 nitrogen and oxygen atoms in total. The van der Waals surface area contributed by atoms with Crippen molar-refractivity contribution in [1.29, 1.82) is 0 Å². The van der Waals surface area contributed by atoms with Crippen LogP contribution in [0.2, 0.25) is 0 Å². The second-order valence-corrected chi connectivity index (χ2v) is 6.32. The van der Waals surface area contributed by atoms with E-state index < -0.39 is 10.0 Å². The van der Waals surface area contributed by atoms with E-state index in [1.807, 2.05) is 0 Å². The molecule has 0 aromatic rings. The van der Waals surface area contributed by atoms with Crippen molar-refractivity contribution in [1.82, 2.24) is 4.31 Å². The topological polar surface area (TPSA) is 72.6 Å². The molecule has 1 saturated heterocycles. The van der Waals surface area contributed by atoms with E-state index in [0.717, 1.165) is 19.3 Å². The first-order valence-corrected chi connectivity index (χ1v) is 7.38. The van der Waals surface area contributed by atoms with E-state index in [9.17, 15) is 8.42 Å². The van der Waals surface area contributed by atoms with Crippen LogP contribution >= 0.6 is 0 Å². The summed E-state index contributed by atoms with van der Waals surface area (Å²) in [5.74, 6) is 0.685. The van der Waals surface area contributed by atoms with Crippen LogP contribution in [-0.2, 0) is 14.8 Å². The predicted octanol–water partition coefficient (Wildman–Crippen LogP) is 0.0234. The molecule has 0 aromatic carbocycles. The average molecular weight is 250 g/mol. The third-order valence-corrected chi connectivity index (χ3v) is 4.92. The summed E-state index contributed by atoms with van der Waals surface area (Å²) < 4.78 is 30.0. The Morgan fingerprint density at radius 2 is 2.00 bits per heavy atom. The summed E-state index contributed by atoms with van der Waals surface area (Å²) in [6, 6.07) is 0. The van der Waals surface area contributed by atoms with Crippen LogP contribution in [0.1, 0.15) is 19.3 Å². The van der Waals surface area contributed by atoms with Crippen molar-refractivity contribution in [2.24, 2.45) is 11.7 Å². The van der Waals surface area contributed by atoms with Gasteiger partial charge in [0.05, 0.1) is 12.4 Å². The van der Waals surface area contributed by atoms with Crippen molar-refractivity contribution < 1.29 is 13.2 Å². The molecule has 1 rings (SSSR count). The van der Waals surface area contributed by atoms with Crippen molar-refractivity contribution in [2.75, 3.05) is 39.1 Å². The van der Waals surface area contributed by atoms with E-state index in [0.29, 0.717) is 25.6 Å². The molecule has 0 amide bonds. The summed E-state index contributed by atoms with van der Waals surface area (Å²) in [5, 5.41) is 0. The Balaban J connectivity index is 2.40. The smallest absolute Gasteiger partial charge is 0.216 e. The molecular weight excluding hydrogens is 228 g/mol. The predicted molar refractivity (Wildman–Crippen MR) is 63.6 cm³/mol. The van der Waals surface area contributed by atoms with Gasteiger partial charge in [-0.05, 0) is 31.7 Å². The molecule has 0 aromatic heterocycles. The number of ether oxygens (including phenoxy) is 1. The van der Waals surface area contributed by atoms with Gasteiger partial charge in [0, 0.05) is 20.2 Å². The lowest BCUT2D eigenvalue weighted by Crippen LogP contribution is -2.40. The number of hydrogen-bond donors (Lipinski definition) is 1. The lowest BCUT2D eigenvalue weighted by molar-refractivity contribution is 0.212. The van der Waals surface area contributed by atoms with Gasteiger partial charge in [-0.1, -0.05) is 0 Å². The lowest BCUT2D eigenvalue weighted by atomic mass is 9.95. The number of piperidine rings is 1. The van der Waals surface area contributed by atoms with Crippen molar-refractivity contribution in [2.45, 2.75) is 19.3 Å². The summed E-state index contributed by atoms with van der Waals surface area (Å²) in [5.41, 5.74) is 5.50. The summed E-state index contributed by atoms with van der Waals surface area (Å²) >= 11 is 0. The van der Waals surface area contributed by atoms with Crippen LogP contribution in [0.5, 0.6) is 0 Å². The molecule has 96 valence electrons. The minimum absolute atomic E-state index is 0.0883. The normalized spacial score (nSPS) is 20.1. The Bertz CT molecular complexity index is 284. The SMILES string of the molecule is COCCS(=O)(=O)N1CCC(CCN)CC1. The highest BCUT2D eigenvalue weighted by Crippen LogP contribution is 2.21. The fourth-order valence-electron chi connectivity index (χ4n) is 2.03. The molecular formula is C10H22N2O3S. The van der Waals surface area contributed by atoms with Crippen LogP contribution in [0.25, 0.3) is 0 Å². The van der Waals surface area contributed by atoms with E-state index in [-0.39, 0.29) is 12.4 Å². The molecule has 1 aliphatic rings. The van der Waals surface area contributed by atoms with Crippen LogP contribution in [0.3, 0.4) is 0 Å². The van der Waals surface area contributed by atoms with Gasteiger partial charge < -0.3 is 10.5 Å². The van der Waals surface area contributed by atoms with Crippen LogP contribution < -0.4 is 5.73 Å². The maximum Gasteiger partial charge on any atom is 0.216 e. The van der Waals surface area contributed by atoms with E-state index >= 15 is 0 Å². The van der Waals surface area contributed by atoms with Gasteiger partial charge in [0.15, 0.2) is 0 Å². The monoisotopic (exact) mass is 250 g/mol. The summed E-state index contributed by atoms with van der Waals surface area (Å²) in [7, 11) is -1.59. The van der Waals surface area contributed by atoms with Gasteiger partial charge in [-0.2, -0.15) is 0 Å². The molecule has 2 N–H and O–H groups in total. The first kappa shape index (κ1) is 13.9. The van der Waals surface area contributed by atoms with E-state index in [1.165, 1.54) is 7.11 Å². The Hall–Kier alpha value is -0.170. The summed E-state index contributed by atoms with van der Waals surface area (Å²) in [6.45, 7) is 2.24. The van der Waals surface area contributed by atoms with Gasteiger partial charge in [0.2, 0.25) is 10.0 Å². The zero-order valence-electron chi connectivity index (χ0n) is 9.89. The number of methoxy groups -OCH3 is 1. The van der Waals surface area contributed by atoms with Gasteiger partial charge in [-0.3, -0.25) is 0 Å². The number of rotatable bonds is 6. The number of nitrogens with zero attached hydrogens (tertiary/aromatic N) is 1. The largest absolute Gasteiger partial charge is 0.384 e. The lowest BCUT2D eigenvalue weighted by Gasteiger charge is -2.30. The van der Waals surface area contributed by atoms with Crippen LogP contribution in [-0.4, -0.2) is 51.8 Å². The molecule has 0 bridgehead atoms. The second kappa shape index (κ2) is 6.54. The van der Waals surface area contributed by atoms with Crippen LogP contribution in [0, 0.1) is 5.92 Å². The Labute approximate surface area is 98.0 Å². The van der Waals surface area contributed by atoms with Crippen LogP contribution in [0.15, 0.2) is 0 Å². The molecule has 0 unspecified atom stereocenters. The molecule has 6 heteroatoms. The van der Waals surface area contributed by atoms with Gasteiger partial charge in [-0.15, -0.1) is 0 Å². The fourth-order valence-corrected chi connectivity index (χ4v) is 3.43. The molecule has 0 atom stereocenters. The molecule has 1 aliphatic heterocycles. The third-order valence-electron chi connectivity index (χ3n) is 3.09. The first-order chi connectivity index (χ1) is 7.60. The zero-order chi connectivity index (χ0) is 12.0. The van der Waals surface area contributed by atoms with Gasteiger partial charge in [0.25, 0.3) is 0 Å². The Morgan fingerprint density at radius 3 is 2.50 bits per heavy atom. The summed E-state index contributed by atoms with van der Waals surface area (Å²) in [6.07, 6.45) is 2.87. The summed E-state index contributed by atoms with van der Waals surface area (Å²) in [4.78, 5) is 0. The highest BCUT2D eigenvalue weighted by molar-refractivity contribution is 7.89. The van der Waals surface area contributed by atoms with E-state index in [4.69, 9.17) is 10.5 Å². The number of sulfonamides is 1. The van der Waals surface area contributed by atoms with Gasteiger partial charge in [-0.25, -0.2) is 12.7 Å². The Morgan fingerprint density at radius 1 is 1.38 bits per heavy atom. The highest BCUT2D eigenvalue weighted by Gasteiger charge is 2.27. The Kier molecular flexibility index (Phi) is 5.68. The first-order valence-electron chi connectivity index (χ1n) is 5.77. The standard InChI is InChI=1S/C10H22N2O3S/c1-15-8-9-16(13,14)12-6-3-10(2-5-11)4-7-12/h10H,2-9,11H2,1H3. The molecule has 0 saturated carbocycles. The highest BCUT2D eigenvalue weighted by atomic mass is 32.2. The second-order valence-electron chi connectivity index (χ2n) is 4.23. The number of nitrogens with two attached hydrogens (primary N) is 1. The molecule has 1 fully saturated rings. The molecule has 0 aliphatic carbocycles. The average Bonchev–Trinajstić information content (AvgIpc) is 2.28. The minimum Gasteiger partial charge on any atom is -0.384 e. The van der Waals surface area contributed by atoms with Crippen LogP contribution in [0.4, 0.5) is 0 Å². The quantitative estimate of drug-likeness (QED) is 0.721. The fraction of sp³-hybridized carbons (Fsp3) is 1.00. The van der Waals surface area contributed by atoms with Gasteiger partial charge >= 0.3 is 0 Å². The van der Waals surface area contributed by atoms with Crippen molar-refractivity contribution in [3.05, 3.63) is 0 Å². The molecule has 1 heterocycles. The maximum atomic E-state index is 11.8. The van der Waals surface area contributed by atoms with Crippen molar-refractivity contribution in [3.63, 3.8) is 0 Å². The molecule has 0 radical (unpaired) electrons. The van der Waals surface area contributed by atoms with E-state index in [1.54, 1.807) is 4.31 Å². The van der Waals surface area contributed by atoms with Gasteiger partial charge in [0.1, 0.15) is 0 Å². The van der Waals surface area contributed by atoms with Crippen molar-refractivity contribution in [3.8, 4) is 0 Å². The third kappa shape index (κ3) is 4.01. The zero-order valence-corrected chi connectivity index (χ0v) is 10.7. The maximum absolute atomic E-state index is 11.8. The molecule has 16 heavy (non-hydrogen) atoms.